The smallest absolute Gasteiger partial charge is 0.339 e. The second-order valence-electron chi connectivity index (χ2n) is 3.52. The molecule has 0 radical (unpaired) electrons. The minimum absolute atomic E-state index is 0.0728. The molecular formula is C12H11NO4S. The summed E-state index contributed by atoms with van der Waals surface area (Å²) in [4.78, 5) is 15.2. The van der Waals surface area contributed by atoms with Gasteiger partial charge in [-0.25, -0.2) is 9.78 Å². The molecule has 2 aromatic rings. The Morgan fingerprint density at radius 3 is 2.78 bits per heavy atom. The monoisotopic (exact) mass is 265 g/mol. The number of benzene rings is 1. The number of thiazole rings is 1. The summed E-state index contributed by atoms with van der Waals surface area (Å²) in [7, 11) is 1.51. The molecule has 1 aromatic heterocycles. The van der Waals surface area contributed by atoms with Gasteiger partial charge in [-0.05, 0) is 19.1 Å². The summed E-state index contributed by atoms with van der Waals surface area (Å²) in [5.74, 6) is -0.305. The van der Waals surface area contributed by atoms with E-state index in [0.29, 0.717) is 10.9 Å². The first-order valence-corrected chi connectivity index (χ1v) is 5.99. The SMILES string of the molecule is COc1ccc(C(=O)O)c(Oc2nc(C)cs2)c1. The van der Waals surface area contributed by atoms with Gasteiger partial charge in [-0.3, -0.25) is 0 Å². The summed E-state index contributed by atoms with van der Waals surface area (Å²) >= 11 is 1.31. The zero-order valence-corrected chi connectivity index (χ0v) is 10.7. The van der Waals surface area contributed by atoms with E-state index in [1.165, 1.54) is 30.6 Å². The lowest BCUT2D eigenvalue weighted by molar-refractivity contribution is 0.0694. The van der Waals surface area contributed by atoms with Crippen molar-refractivity contribution in [2.75, 3.05) is 7.11 Å². The second-order valence-corrected chi connectivity index (χ2v) is 4.34. The van der Waals surface area contributed by atoms with Crippen molar-refractivity contribution in [1.82, 2.24) is 4.98 Å². The van der Waals surface area contributed by atoms with Crippen LogP contribution in [0.2, 0.25) is 0 Å². The minimum atomic E-state index is -1.05. The van der Waals surface area contributed by atoms with E-state index in [9.17, 15) is 4.79 Å². The van der Waals surface area contributed by atoms with Crippen LogP contribution in [-0.2, 0) is 0 Å². The van der Waals surface area contributed by atoms with E-state index >= 15 is 0 Å². The highest BCUT2D eigenvalue weighted by atomic mass is 32.1. The second kappa shape index (κ2) is 5.05. The van der Waals surface area contributed by atoms with E-state index in [0.717, 1.165) is 5.69 Å². The van der Waals surface area contributed by atoms with Gasteiger partial charge in [0.15, 0.2) is 0 Å². The quantitative estimate of drug-likeness (QED) is 0.920. The first-order chi connectivity index (χ1) is 8.60. The third-order valence-corrected chi connectivity index (χ3v) is 3.05. The van der Waals surface area contributed by atoms with Gasteiger partial charge in [0.1, 0.15) is 17.1 Å². The number of rotatable bonds is 4. The predicted octanol–water partition coefficient (Wildman–Crippen LogP) is 2.95. The van der Waals surface area contributed by atoms with Crippen LogP contribution in [-0.4, -0.2) is 23.2 Å². The maximum Gasteiger partial charge on any atom is 0.339 e. The van der Waals surface area contributed by atoms with Crippen molar-refractivity contribution in [1.29, 1.82) is 0 Å². The maximum atomic E-state index is 11.1. The Balaban J connectivity index is 2.37. The highest BCUT2D eigenvalue weighted by Crippen LogP contribution is 2.31. The fraction of sp³-hybridized carbons (Fsp3) is 0.167. The third-order valence-electron chi connectivity index (χ3n) is 2.21. The molecule has 0 amide bonds. The van der Waals surface area contributed by atoms with Crippen molar-refractivity contribution >= 4 is 17.3 Å². The first kappa shape index (κ1) is 12.4. The molecule has 5 nitrogen and oxygen atoms in total. The molecule has 2 rings (SSSR count). The number of carbonyl (C=O) groups is 1. The van der Waals surface area contributed by atoms with Gasteiger partial charge in [-0.2, -0.15) is 0 Å². The van der Waals surface area contributed by atoms with Crippen molar-refractivity contribution in [2.24, 2.45) is 0 Å². The molecule has 0 fully saturated rings. The Morgan fingerprint density at radius 1 is 1.44 bits per heavy atom. The molecule has 1 aromatic carbocycles. The van der Waals surface area contributed by atoms with Gasteiger partial charge in [0, 0.05) is 11.4 Å². The Morgan fingerprint density at radius 2 is 2.22 bits per heavy atom. The zero-order chi connectivity index (χ0) is 13.1. The molecule has 0 unspecified atom stereocenters. The summed E-state index contributed by atoms with van der Waals surface area (Å²) in [6.07, 6.45) is 0. The molecule has 94 valence electrons. The lowest BCUT2D eigenvalue weighted by atomic mass is 10.2. The van der Waals surface area contributed by atoms with E-state index in [-0.39, 0.29) is 11.3 Å². The number of carboxylic acids is 1. The number of aromatic carboxylic acids is 1. The standard InChI is InChI=1S/C12H11NO4S/c1-7-6-18-12(13-7)17-10-5-8(16-2)3-4-9(10)11(14)15/h3-6H,1-2H3,(H,14,15). The molecular weight excluding hydrogens is 254 g/mol. The summed E-state index contributed by atoms with van der Waals surface area (Å²) in [5.41, 5.74) is 0.901. The largest absolute Gasteiger partial charge is 0.497 e. The molecule has 0 atom stereocenters. The summed E-state index contributed by atoms with van der Waals surface area (Å²) in [6.45, 7) is 1.84. The van der Waals surface area contributed by atoms with Crippen LogP contribution in [0.1, 0.15) is 16.1 Å². The molecule has 0 spiro atoms. The highest BCUT2D eigenvalue weighted by Gasteiger charge is 2.14. The van der Waals surface area contributed by atoms with Gasteiger partial charge in [-0.1, -0.05) is 11.3 Å². The summed E-state index contributed by atoms with van der Waals surface area (Å²) < 4.78 is 10.5. The number of hydrogen-bond donors (Lipinski definition) is 1. The number of aromatic nitrogens is 1. The number of ether oxygens (including phenoxy) is 2. The van der Waals surface area contributed by atoms with E-state index in [1.807, 2.05) is 12.3 Å². The molecule has 0 saturated carbocycles. The molecule has 0 aliphatic carbocycles. The van der Waals surface area contributed by atoms with Crippen LogP contribution >= 0.6 is 11.3 Å². The molecule has 1 heterocycles. The van der Waals surface area contributed by atoms with Crippen LogP contribution in [0.5, 0.6) is 16.7 Å². The van der Waals surface area contributed by atoms with Gasteiger partial charge < -0.3 is 14.6 Å². The van der Waals surface area contributed by atoms with E-state index in [4.69, 9.17) is 14.6 Å². The van der Waals surface area contributed by atoms with Crippen molar-refractivity contribution in [3.05, 3.63) is 34.8 Å². The maximum absolute atomic E-state index is 11.1. The average Bonchev–Trinajstić information content (AvgIpc) is 2.74. The topological polar surface area (TPSA) is 68.7 Å². The third kappa shape index (κ3) is 2.60. The molecule has 18 heavy (non-hydrogen) atoms. The van der Waals surface area contributed by atoms with E-state index < -0.39 is 5.97 Å². The Bertz CT molecular complexity index is 579. The van der Waals surface area contributed by atoms with Gasteiger partial charge in [0.05, 0.1) is 12.8 Å². The van der Waals surface area contributed by atoms with Crippen LogP contribution in [0.15, 0.2) is 23.6 Å². The number of carboxylic acid groups (broad SMARTS) is 1. The Hall–Kier alpha value is -2.08. The number of methoxy groups -OCH3 is 1. The minimum Gasteiger partial charge on any atom is -0.497 e. The van der Waals surface area contributed by atoms with Crippen LogP contribution in [0.3, 0.4) is 0 Å². The number of nitrogens with zero attached hydrogens (tertiary/aromatic N) is 1. The van der Waals surface area contributed by atoms with Gasteiger partial charge in [0.25, 0.3) is 5.19 Å². The van der Waals surface area contributed by atoms with Crippen LogP contribution in [0.25, 0.3) is 0 Å². The zero-order valence-electron chi connectivity index (χ0n) is 9.84. The van der Waals surface area contributed by atoms with Gasteiger partial charge >= 0.3 is 5.97 Å². The Labute approximate surface area is 108 Å². The fourth-order valence-corrected chi connectivity index (χ4v) is 2.02. The van der Waals surface area contributed by atoms with E-state index in [1.54, 1.807) is 6.07 Å². The molecule has 6 heteroatoms. The molecule has 0 bridgehead atoms. The molecule has 0 aliphatic heterocycles. The Kier molecular flexibility index (Phi) is 3.47. The highest BCUT2D eigenvalue weighted by molar-refractivity contribution is 7.11. The number of hydrogen-bond acceptors (Lipinski definition) is 5. The molecule has 1 N–H and O–H groups in total. The number of aryl methyl sites for hydroxylation is 1. The molecule has 0 aliphatic rings. The van der Waals surface area contributed by atoms with E-state index in [2.05, 4.69) is 4.98 Å². The lowest BCUT2D eigenvalue weighted by Gasteiger charge is -2.07. The fourth-order valence-electron chi connectivity index (χ4n) is 1.36. The summed E-state index contributed by atoms with van der Waals surface area (Å²) in [6, 6.07) is 4.54. The van der Waals surface area contributed by atoms with Crippen LogP contribution in [0.4, 0.5) is 0 Å². The normalized spacial score (nSPS) is 10.1. The average molecular weight is 265 g/mol. The van der Waals surface area contributed by atoms with Gasteiger partial charge in [0.2, 0.25) is 0 Å². The van der Waals surface area contributed by atoms with Crippen LogP contribution < -0.4 is 9.47 Å². The van der Waals surface area contributed by atoms with Crippen molar-refractivity contribution in [3.8, 4) is 16.7 Å². The molecule has 0 saturated heterocycles. The lowest BCUT2D eigenvalue weighted by Crippen LogP contribution is -2.00. The first-order valence-electron chi connectivity index (χ1n) is 5.11. The summed E-state index contributed by atoms with van der Waals surface area (Å²) in [5, 5.41) is 11.3. The van der Waals surface area contributed by atoms with Crippen molar-refractivity contribution < 1.29 is 19.4 Å². The van der Waals surface area contributed by atoms with Crippen molar-refractivity contribution in [2.45, 2.75) is 6.92 Å². The van der Waals surface area contributed by atoms with Crippen molar-refractivity contribution in [3.63, 3.8) is 0 Å². The predicted molar refractivity (Wildman–Crippen MR) is 66.9 cm³/mol. The van der Waals surface area contributed by atoms with Gasteiger partial charge in [-0.15, -0.1) is 0 Å². The van der Waals surface area contributed by atoms with Crippen LogP contribution in [0, 0.1) is 6.92 Å².